The van der Waals surface area contributed by atoms with Crippen molar-refractivity contribution in [3.8, 4) is 0 Å². The van der Waals surface area contributed by atoms with Crippen LogP contribution in [0.15, 0.2) is 30.3 Å². The lowest BCUT2D eigenvalue weighted by Gasteiger charge is -2.43. The van der Waals surface area contributed by atoms with Gasteiger partial charge < -0.3 is 14.7 Å². The van der Waals surface area contributed by atoms with Gasteiger partial charge in [-0.2, -0.15) is 0 Å². The average Bonchev–Trinajstić information content (AvgIpc) is 2.59. The van der Waals surface area contributed by atoms with Crippen LogP contribution in [0, 0.1) is 0 Å². The van der Waals surface area contributed by atoms with Gasteiger partial charge in [-0.15, -0.1) is 0 Å². The van der Waals surface area contributed by atoms with Crippen molar-refractivity contribution in [2.75, 3.05) is 13.2 Å². The van der Waals surface area contributed by atoms with E-state index in [1.54, 1.807) is 36.4 Å². The Balaban J connectivity index is 1.66. The molecule has 1 saturated heterocycles. The summed E-state index contributed by atoms with van der Waals surface area (Å²) in [5.41, 5.74) is 1.06. The van der Waals surface area contributed by atoms with Crippen LogP contribution < -0.4 is 0 Å². The Labute approximate surface area is 135 Å². The second-order valence-electron chi connectivity index (χ2n) is 6.05. The molecule has 23 heavy (non-hydrogen) atoms. The Morgan fingerprint density at radius 2 is 1.91 bits per heavy atom. The number of hydrogen-bond donors (Lipinski definition) is 1. The highest BCUT2D eigenvalue weighted by Crippen LogP contribution is 2.28. The zero-order valence-corrected chi connectivity index (χ0v) is 13.0. The summed E-state index contributed by atoms with van der Waals surface area (Å²) in [5, 5.41) is 8.88. The summed E-state index contributed by atoms with van der Waals surface area (Å²) in [7, 11) is 0. The van der Waals surface area contributed by atoms with Crippen LogP contribution in [0.25, 0.3) is 6.08 Å². The molecule has 1 amide bonds. The van der Waals surface area contributed by atoms with Crippen molar-refractivity contribution in [3.63, 3.8) is 0 Å². The summed E-state index contributed by atoms with van der Waals surface area (Å²) in [6.07, 6.45) is 7.87. The van der Waals surface area contributed by atoms with Gasteiger partial charge in [0.1, 0.15) is 0 Å². The Morgan fingerprint density at radius 1 is 1.17 bits per heavy atom. The predicted octanol–water partition coefficient (Wildman–Crippen LogP) is 2.57. The summed E-state index contributed by atoms with van der Waals surface area (Å²) < 4.78 is 5.79. The third kappa shape index (κ3) is 3.62. The number of rotatable bonds is 3. The highest BCUT2D eigenvalue weighted by atomic mass is 16.5. The van der Waals surface area contributed by atoms with Crippen molar-refractivity contribution in [1.29, 1.82) is 0 Å². The molecule has 1 saturated carbocycles. The summed E-state index contributed by atoms with van der Waals surface area (Å²) in [4.78, 5) is 25.2. The first-order valence-corrected chi connectivity index (χ1v) is 8.09. The van der Waals surface area contributed by atoms with Crippen LogP contribution in [0.5, 0.6) is 0 Å². The van der Waals surface area contributed by atoms with Crippen LogP contribution >= 0.6 is 0 Å². The number of carbonyl (C=O) groups excluding carboxylic acids is 1. The number of morpholine rings is 1. The first-order valence-electron chi connectivity index (χ1n) is 8.09. The van der Waals surface area contributed by atoms with Gasteiger partial charge in [0.05, 0.1) is 24.3 Å². The molecular formula is C18H21NO4. The number of aromatic carboxylic acids is 1. The zero-order valence-electron chi connectivity index (χ0n) is 13.0. The van der Waals surface area contributed by atoms with E-state index in [1.165, 1.54) is 6.42 Å². The molecule has 0 spiro atoms. The molecule has 2 fully saturated rings. The second kappa shape index (κ2) is 6.96. The van der Waals surface area contributed by atoms with Crippen LogP contribution in [-0.4, -0.2) is 47.2 Å². The van der Waals surface area contributed by atoms with E-state index in [-0.39, 0.29) is 23.6 Å². The molecule has 5 heteroatoms. The van der Waals surface area contributed by atoms with Gasteiger partial charge in [0.2, 0.25) is 5.91 Å². The van der Waals surface area contributed by atoms with Crippen molar-refractivity contribution in [2.45, 2.75) is 37.8 Å². The first kappa shape index (κ1) is 15.7. The molecule has 2 aliphatic rings. The topological polar surface area (TPSA) is 66.8 Å². The number of hydrogen-bond acceptors (Lipinski definition) is 3. The number of carboxylic acid groups (broad SMARTS) is 1. The predicted molar refractivity (Wildman–Crippen MR) is 86.1 cm³/mol. The summed E-state index contributed by atoms with van der Waals surface area (Å²) in [6.45, 7) is 1.25. The van der Waals surface area contributed by atoms with Gasteiger partial charge in [0, 0.05) is 12.6 Å². The maximum absolute atomic E-state index is 12.5. The molecule has 0 aromatic heterocycles. The smallest absolute Gasteiger partial charge is 0.335 e. The number of ether oxygens (including phenoxy) is 1. The molecule has 1 aliphatic heterocycles. The van der Waals surface area contributed by atoms with E-state index in [0.717, 1.165) is 24.8 Å². The summed E-state index contributed by atoms with van der Waals surface area (Å²) in [6, 6.07) is 6.69. The molecule has 0 bridgehead atoms. The van der Waals surface area contributed by atoms with Crippen LogP contribution in [-0.2, 0) is 9.53 Å². The molecule has 1 N–H and O–H groups in total. The zero-order chi connectivity index (χ0) is 16.2. The van der Waals surface area contributed by atoms with Gasteiger partial charge in [-0.1, -0.05) is 25.0 Å². The number of carbonyl (C=O) groups is 2. The van der Waals surface area contributed by atoms with E-state index in [0.29, 0.717) is 13.2 Å². The Hall–Kier alpha value is -2.14. The van der Waals surface area contributed by atoms with E-state index in [2.05, 4.69) is 0 Å². The van der Waals surface area contributed by atoms with E-state index < -0.39 is 5.97 Å². The largest absolute Gasteiger partial charge is 0.478 e. The third-order valence-corrected chi connectivity index (χ3v) is 4.59. The molecule has 1 aliphatic carbocycles. The fourth-order valence-electron chi connectivity index (χ4n) is 3.37. The molecule has 1 aromatic carbocycles. The van der Waals surface area contributed by atoms with Crippen LogP contribution in [0.3, 0.4) is 0 Å². The SMILES string of the molecule is O=C(O)c1ccc(/C=C/C(=O)N2CCO[C@@H]3CCCC[C@H]32)cc1. The van der Waals surface area contributed by atoms with Gasteiger partial charge in [0.25, 0.3) is 0 Å². The van der Waals surface area contributed by atoms with Crippen molar-refractivity contribution >= 4 is 18.0 Å². The Kier molecular flexibility index (Phi) is 4.76. The lowest BCUT2D eigenvalue weighted by Crippen LogP contribution is -2.54. The van der Waals surface area contributed by atoms with E-state index in [1.807, 2.05) is 4.90 Å². The summed E-state index contributed by atoms with van der Waals surface area (Å²) >= 11 is 0. The van der Waals surface area contributed by atoms with Gasteiger partial charge >= 0.3 is 5.97 Å². The molecule has 122 valence electrons. The fraction of sp³-hybridized carbons (Fsp3) is 0.444. The van der Waals surface area contributed by atoms with Crippen molar-refractivity contribution in [3.05, 3.63) is 41.5 Å². The molecule has 0 unspecified atom stereocenters. The normalized spacial score (nSPS) is 24.4. The molecular weight excluding hydrogens is 294 g/mol. The maximum atomic E-state index is 12.5. The van der Waals surface area contributed by atoms with E-state index >= 15 is 0 Å². The van der Waals surface area contributed by atoms with Crippen LogP contribution in [0.1, 0.15) is 41.6 Å². The lowest BCUT2D eigenvalue weighted by atomic mass is 9.90. The Bertz CT molecular complexity index is 606. The average molecular weight is 315 g/mol. The molecule has 1 heterocycles. The van der Waals surface area contributed by atoms with E-state index in [9.17, 15) is 9.59 Å². The van der Waals surface area contributed by atoms with Gasteiger partial charge in [0.15, 0.2) is 0 Å². The molecule has 1 aromatic rings. The van der Waals surface area contributed by atoms with Gasteiger partial charge in [-0.05, 0) is 36.6 Å². The van der Waals surface area contributed by atoms with Crippen molar-refractivity contribution < 1.29 is 19.4 Å². The minimum atomic E-state index is -0.951. The van der Waals surface area contributed by atoms with Crippen LogP contribution in [0.2, 0.25) is 0 Å². The standard InChI is InChI=1S/C18H21NO4/c20-17(10-7-13-5-8-14(9-6-13)18(21)22)19-11-12-23-16-4-2-1-3-15(16)19/h5-10,15-16H,1-4,11-12H2,(H,21,22)/b10-7+/t15-,16-/m1/s1. The van der Waals surface area contributed by atoms with Crippen molar-refractivity contribution in [1.82, 2.24) is 4.90 Å². The maximum Gasteiger partial charge on any atom is 0.335 e. The minimum absolute atomic E-state index is 0.00695. The lowest BCUT2D eigenvalue weighted by molar-refractivity contribution is -0.144. The Morgan fingerprint density at radius 3 is 2.65 bits per heavy atom. The van der Waals surface area contributed by atoms with Gasteiger partial charge in [-0.3, -0.25) is 4.79 Å². The molecule has 2 atom stereocenters. The number of amides is 1. The quantitative estimate of drug-likeness (QED) is 0.871. The number of nitrogens with zero attached hydrogens (tertiary/aromatic N) is 1. The minimum Gasteiger partial charge on any atom is -0.478 e. The van der Waals surface area contributed by atoms with Crippen molar-refractivity contribution in [2.24, 2.45) is 0 Å². The van der Waals surface area contributed by atoms with Crippen LogP contribution in [0.4, 0.5) is 0 Å². The summed E-state index contributed by atoms with van der Waals surface area (Å²) in [5.74, 6) is -0.944. The molecule has 3 rings (SSSR count). The highest BCUT2D eigenvalue weighted by molar-refractivity contribution is 5.92. The van der Waals surface area contributed by atoms with Gasteiger partial charge in [-0.25, -0.2) is 4.79 Å². The number of carboxylic acids is 1. The highest BCUT2D eigenvalue weighted by Gasteiger charge is 2.35. The second-order valence-corrected chi connectivity index (χ2v) is 6.05. The molecule has 5 nitrogen and oxygen atoms in total. The third-order valence-electron chi connectivity index (χ3n) is 4.59. The monoisotopic (exact) mass is 315 g/mol. The number of fused-ring (bicyclic) bond motifs is 1. The first-order chi connectivity index (χ1) is 11.1. The molecule has 0 radical (unpaired) electrons. The van der Waals surface area contributed by atoms with E-state index in [4.69, 9.17) is 9.84 Å². The fourth-order valence-corrected chi connectivity index (χ4v) is 3.37. The number of benzene rings is 1.